The summed E-state index contributed by atoms with van der Waals surface area (Å²) in [5, 5.41) is 11.5. The molecule has 98 valence electrons. The summed E-state index contributed by atoms with van der Waals surface area (Å²) < 4.78 is 10.1. The van der Waals surface area contributed by atoms with E-state index in [1.54, 1.807) is 12.1 Å². The van der Waals surface area contributed by atoms with E-state index in [1.165, 1.54) is 11.2 Å². The number of carboxylic acids is 1. The monoisotopic (exact) mass is 254 g/mol. The molecular weight excluding hydrogens is 240 g/mol. The number of nitrogens with one attached hydrogen (secondary N) is 1. The van der Waals surface area contributed by atoms with Crippen molar-refractivity contribution in [2.24, 2.45) is 0 Å². The van der Waals surface area contributed by atoms with Crippen LogP contribution in [0.1, 0.15) is 5.76 Å². The molecule has 1 aromatic heterocycles. The molecular formula is C11H14N2O5. The lowest BCUT2D eigenvalue weighted by Crippen LogP contribution is -2.51. The zero-order valence-corrected chi connectivity index (χ0v) is 9.67. The summed E-state index contributed by atoms with van der Waals surface area (Å²) in [7, 11) is 0. The highest BCUT2D eigenvalue weighted by Crippen LogP contribution is 2.06. The summed E-state index contributed by atoms with van der Waals surface area (Å²) in [5.74, 6) is -0.412. The summed E-state index contributed by atoms with van der Waals surface area (Å²) >= 11 is 0. The van der Waals surface area contributed by atoms with E-state index in [-0.39, 0.29) is 25.7 Å². The molecule has 0 aliphatic carbocycles. The number of carboxylic acid groups (broad SMARTS) is 1. The second-order valence-corrected chi connectivity index (χ2v) is 3.88. The Morgan fingerprint density at radius 2 is 2.39 bits per heavy atom. The number of carbonyl (C=O) groups excluding carboxylic acids is 1. The number of ether oxygens (including phenoxy) is 1. The fourth-order valence-electron chi connectivity index (χ4n) is 1.67. The minimum Gasteiger partial charge on any atom is -0.479 e. The quantitative estimate of drug-likeness (QED) is 0.808. The van der Waals surface area contributed by atoms with Gasteiger partial charge in [0.15, 0.2) is 6.10 Å². The smallest absolute Gasteiger partial charge is 0.334 e. The van der Waals surface area contributed by atoms with E-state index in [0.717, 1.165) is 0 Å². The van der Waals surface area contributed by atoms with Crippen molar-refractivity contribution in [3.8, 4) is 0 Å². The number of rotatable bonds is 3. The number of carbonyl (C=O) groups is 2. The van der Waals surface area contributed by atoms with Crippen LogP contribution in [-0.4, -0.2) is 47.8 Å². The minimum absolute atomic E-state index is 0.0549. The van der Waals surface area contributed by atoms with Crippen LogP contribution in [0, 0.1) is 0 Å². The molecule has 1 atom stereocenters. The fourth-order valence-corrected chi connectivity index (χ4v) is 1.67. The fraction of sp³-hybridized carbons (Fsp3) is 0.455. The Morgan fingerprint density at radius 1 is 1.56 bits per heavy atom. The van der Waals surface area contributed by atoms with Crippen molar-refractivity contribution in [2.45, 2.75) is 12.6 Å². The van der Waals surface area contributed by atoms with Crippen molar-refractivity contribution in [1.82, 2.24) is 10.2 Å². The van der Waals surface area contributed by atoms with Gasteiger partial charge in [0.1, 0.15) is 5.76 Å². The zero-order chi connectivity index (χ0) is 13.0. The molecule has 1 aliphatic rings. The zero-order valence-electron chi connectivity index (χ0n) is 9.67. The van der Waals surface area contributed by atoms with Gasteiger partial charge in [-0.15, -0.1) is 0 Å². The highest BCUT2D eigenvalue weighted by atomic mass is 16.5. The van der Waals surface area contributed by atoms with Crippen LogP contribution >= 0.6 is 0 Å². The van der Waals surface area contributed by atoms with Gasteiger partial charge in [0.25, 0.3) is 0 Å². The minimum atomic E-state index is -1.06. The highest BCUT2D eigenvalue weighted by molar-refractivity contribution is 5.77. The van der Waals surface area contributed by atoms with E-state index in [4.69, 9.17) is 14.3 Å². The number of morpholine rings is 1. The van der Waals surface area contributed by atoms with Crippen LogP contribution in [0.2, 0.25) is 0 Å². The number of furan rings is 1. The maximum absolute atomic E-state index is 11.8. The third kappa shape index (κ3) is 3.01. The molecule has 2 amide bonds. The molecule has 7 nitrogen and oxygen atoms in total. The summed E-state index contributed by atoms with van der Waals surface area (Å²) in [4.78, 5) is 24.0. The number of hydrogen-bond donors (Lipinski definition) is 2. The van der Waals surface area contributed by atoms with E-state index in [2.05, 4.69) is 5.32 Å². The van der Waals surface area contributed by atoms with E-state index >= 15 is 0 Å². The molecule has 1 unspecified atom stereocenters. The first-order valence-corrected chi connectivity index (χ1v) is 5.56. The van der Waals surface area contributed by atoms with Crippen molar-refractivity contribution >= 4 is 12.0 Å². The SMILES string of the molecule is O=C(O)C1CN(C(=O)NCc2ccco2)CCO1. The van der Waals surface area contributed by atoms with E-state index in [9.17, 15) is 9.59 Å². The van der Waals surface area contributed by atoms with E-state index < -0.39 is 12.1 Å². The molecule has 2 rings (SSSR count). The van der Waals surface area contributed by atoms with Gasteiger partial charge in [-0.2, -0.15) is 0 Å². The molecule has 0 saturated carbocycles. The normalized spacial score (nSPS) is 19.6. The van der Waals surface area contributed by atoms with Crippen molar-refractivity contribution < 1.29 is 23.8 Å². The molecule has 1 fully saturated rings. The number of aliphatic carboxylic acids is 1. The van der Waals surface area contributed by atoms with Crippen molar-refractivity contribution in [1.29, 1.82) is 0 Å². The number of amides is 2. The Morgan fingerprint density at radius 3 is 3.06 bits per heavy atom. The maximum atomic E-state index is 11.8. The van der Waals surface area contributed by atoms with E-state index in [0.29, 0.717) is 12.3 Å². The van der Waals surface area contributed by atoms with Crippen LogP contribution in [-0.2, 0) is 16.1 Å². The molecule has 1 aliphatic heterocycles. The Bertz CT molecular complexity index is 417. The summed E-state index contributed by atoms with van der Waals surface area (Å²) in [6.45, 7) is 0.944. The van der Waals surface area contributed by atoms with Crippen LogP contribution in [0.4, 0.5) is 4.79 Å². The first-order chi connectivity index (χ1) is 8.66. The van der Waals surface area contributed by atoms with Gasteiger partial charge in [0, 0.05) is 6.54 Å². The molecule has 1 aromatic rings. The van der Waals surface area contributed by atoms with Gasteiger partial charge >= 0.3 is 12.0 Å². The molecule has 7 heteroatoms. The topological polar surface area (TPSA) is 92.0 Å². The molecule has 0 radical (unpaired) electrons. The number of nitrogens with zero attached hydrogens (tertiary/aromatic N) is 1. The van der Waals surface area contributed by atoms with Crippen LogP contribution in [0.25, 0.3) is 0 Å². The third-order valence-electron chi connectivity index (χ3n) is 2.62. The molecule has 1 saturated heterocycles. The predicted octanol–water partition coefficient (Wildman–Crippen LogP) is 0.275. The largest absolute Gasteiger partial charge is 0.479 e. The van der Waals surface area contributed by atoms with E-state index in [1.807, 2.05) is 0 Å². The standard InChI is InChI=1S/C11H14N2O5/c14-10(15)9-7-13(3-5-18-9)11(16)12-6-8-2-1-4-17-8/h1-2,4,9H,3,5-7H2,(H,12,16)(H,14,15). The summed E-state index contributed by atoms with van der Waals surface area (Å²) in [6.07, 6.45) is 0.574. The average Bonchev–Trinajstić information content (AvgIpc) is 2.89. The van der Waals surface area contributed by atoms with Crippen molar-refractivity contribution in [2.75, 3.05) is 19.7 Å². The highest BCUT2D eigenvalue weighted by Gasteiger charge is 2.28. The number of urea groups is 1. The Kier molecular flexibility index (Phi) is 3.83. The van der Waals surface area contributed by atoms with Gasteiger partial charge in [0.05, 0.1) is 26.0 Å². The van der Waals surface area contributed by atoms with Gasteiger partial charge in [0.2, 0.25) is 0 Å². The predicted molar refractivity (Wildman–Crippen MR) is 59.9 cm³/mol. The first-order valence-electron chi connectivity index (χ1n) is 5.56. The molecule has 0 aromatic carbocycles. The number of hydrogen-bond acceptors (Lipinski definition) is 4. The Hall–Kier alpha value is -2.02. The lowest BCUT2D eigenvalue weighted by molar-refractivity contribution is -0.154. The van der Waals surface area contributed by atoms with Crippen LogP contribution in [0.15, 0.2) is 22.8 Å². The van der Waals surface area contributed by atoms with Crippen molar-refractivity contribution in [3.05, 3.63) is 24.2 Å². The lowest BCUT2D eigenvalue weighted by Gasteiger charge is -2.30. The van der Waals surface area contributed by atoms with Crippen molar-refractivity contribution in [3.63, 3.8) is 0 Å². The van der Waals surface area contributed by atoms with Gasteiger partial charge < -0.3 is 24.5 Å². The third-order valence-corrected chi connectivity index (χ3v) is 2.62. The molecule has 0 bridgehead atoms. The molecule has 0 spiro atoms. The van der Waals surface area contributed by atoms with Gasteiger partial charge in [-0.1, -0.05) is 0 Å². The van der Waals surface area contributed by atoms with Gasteiger partial charge in [-0.25, -0.2) is 9.59 Å². The van der Waals surface area contributed by atoms with Gasteiger partial charge in [-0.05, 0) is 12.1 Å². The Labute approximate surface area is 103 Å². The van der Waals surface area contributed by atoms with Gasteiger partial charge in [-0.3, -0.25) is 0 Å². The summed E-state index contributed by atoms with van der Waals surface area (Å²) in [5.41, 5.74) is 0. The van der Waals surface area contributed by atoms with Crippen LogP contribution in [0.5, 0.6) is 0 Å². The molecule has 2 N–H and O–H groups in total. The maximum Gasteiger partial charge on any atom is 0.334 e. The average molecular weight is 254 g/mol. The lowest BCUT2D eigenvalue weighted by atomic mass is 10.3. The molecule has 18 heavy (non-hydrogen) atoms. The molecule has 2 heterocycles. The second kappa shape index (κ2) is 5.54. The second-order valence-electron chi connectivity index (χ2n) is 3.88. The first kappa shape index (κ1) is 12.4. The Balaban J connectivity index is 1.83. The summed E-state index contributed by atoms with van der Waals surface area (Å²) in [6, 6.07) is 3.16. The van der Waals surface area contributed by atoms with Crippen LogP contribution < -0.4 is 5.32 Å². The van der Waals surface area contributed by atoms with Crippen LogP contribution in [0.3, 0.4) is 0 Å².